The minimum Gasteiger partial charge on any atom is -0.469 e. The molecule has 0 atom stereocenters. The summed E-state index contributed by atoms with van der Waals surface area (Å²) in [6.45, 7) is 9.07. The second-order valence-corrected chi connectivity index (χ2v) is 6.79. The lowest BCUT2D eigenvalue weighted by atomic mass is 10.1. The van der Waals surface area contributed by atoms with Gasteiger partial charge in [0.25, 0.3) is 0 Å². The normalized spacial score (nSPS) is 15.7. The number of guanidine groups is 1. The van der Waals surface area contributed by atoms with Gasteiger partial charge in [-0.25, -0.2) is 4.99 Å². The molecule has 6 heteroatoms. The molecule has 2 heterocycles. The molecule has 6 nitrogen and oxygen atoms in total. The van der Waals surface area contributed by atoms with Crippen LogP contribution in [0, 0.1) is 6.92 Å². The van der Waals surface area contributed by atoms with E-state index in [2.05, 4.69) is 46.7 Å². The predicted octanol–water partition coefficient (Wildman–Crippen LogP) is 2.20. The van der Waals surface area contributed by atoms with Crippen LogP contribution in [-0.4, -0.2) is 56.8 Å². The number of morpholine rings is 1. The summed E-state index contributed by atoms with van der Waals surface area (Å²) in [6.07, 6.45) is 2.55. The molecule has 3 rings (SSSR count). The molecule has 2 aromatic rings. The molecule has 1 aliphatic rings. The SMILES string of the molecule is Cc1cccc(CN=C(NCCc2ccco2)NCCN2CCOCC2)c1. The first-order valence-electron chi connectivity index (χ1n) is 9.70. The van der Waals surface area contributed by atoms with Gasteiger partial charge in [-0.1, -0.05) is 29.8 Å². The Labute approximate surface area is 161 Å². The van der Waals surface area contributed by atoms with Crippen LogP contribution in [-0.2, 0) is 17.7 Å². The fourth-order valence-corrected chi connectivity index (χ4v) is 3.07. The number of nitrogens with one attached hydrogen (secondary N) is 2. The first kappa shape index (κ1) is 19.5. The third kappa shape index (κ3) is 7.07. The van der Waals surface area contributed by atoms with Gasteiger partial charge in [-0.15, -0.1) is 0 Å². The number of aliphatic imine (C=N–C) groups is 1. The Balaban J connectivity index is 1.50. The van der Waals surface area contributed by atoms with Crippen molar-refractivity contribution in [3.8, 4) is 0 Å². The van der Waals surface area contributed by atoms with Crippen molar-refractivity contribution in [1.29, 1.82) is 0 Å². The van der Waals surface area contributed by atoms with Crippen molar-refractivity contribution in [3.05, 3.63) is 59.5 Å². The molecule has 0 aliphatic carbocycles. The molecule has 1 saturated heterocycles. The van der Waals surface area contributed by atoms with Crippen LogP contribution in [0.2, 0.25) is 0 Å². The first-order chi connectivity index (χ1) is 13.3. The summed E-state index contributed by atoms with van der Waals surface area (Å²) >= 11 is 0. The number of hydrogen-bond donors (Lipinski definition) is 2. The number of ether oxygens (including phenoxy) is 1. The molecule has 2 N–H and O–H groups in total. The van der Waals surface area contributed by atoms with E-state index in [9.17, 15) is 0 Å². The second kappa shape index (κ2) is 10.7. The molecule has 1 fully saturated rings. The summed E-state index contributed by atoms with van der Waals surface area (Å²) < 4.78 is 10.8. The zero-order valence-electron chi connectivity index (χ0n) is 16.1. The molecule has 1 aromatic heterocycles. The van der Waals surface area contributed by atoms with Gasteiger partial charge in [0, 0.05) is 39.1 Å². The van der Waals surface area contributed by atoms with Gasteiger partial charge < -0.3 is 19.8 Å². The van der Waals surface area contributed by atoms with Gasteiger partial charge in [-0.3, -0.25) is 4.90 Å². The minimum absolute atomic E-state index is 0.662. The topological polar surface area (TPSA) is 62.0 Å². The maximum Gasteiger partial charge on any atom is 0.191 e. The third-order valence-electron chi connectivity index (χ3n) is 4.57. The van der Waals surface area contributed by atoms with Crippen LogP contribution >= 0.6 is 0 Å². The van der Waals surface area contributed by atoms with E-state index in [1.54, 1.807) is 6.26 Å². The van der Waals surface area contributed by atoms with E-state index in [4.69, 9.17) is 14.1 Å². The minimum atomic E-state index is 0.662. The number of aryl methyl sites for hydroxylation is 1. The van der Waals surface area contributed by atoms with Crippen molar-refractivity contribution < 1.29 is 9.15 Å². The summed E-state index contributed by atoms with van der Waals surface area (Å²) in [5.41, 5.74) is 2.48. The van der Waals surface area contributed by atoms with Crippen molar-refractivity contribution in [2.24, 2.45) is 4.99 Å². The van der Waals surface area contributed by atoms with Gasteiger partial charge in [-0.05, 0) is 24.6 Å². The van der Waals surface area contributed by atoms with Crippen LogP contribution in [0.5, 0.6) is 0 Å². The number of rotatable bonds is 8. The van der Waals surface area contributed by atoms with Crippen LogP contribution in [0.4, 0.5) is 0 Å². The maximum atomic E-state index is 5.41. The van der Waals surface area contributed by atoms with Gasteiger partial charge in [0.1, 0.15) is 5.76 Å². The van der Waals surface area contributed by atoms with E-state index in [0.717, 1.165) is 64.1 Å². The highest BCUT2D eigenvalue weighted by Gasteiger charge is 2.09. The first-order valence-corrected chi connectivity index (χ1v) is 9.70. The van der Waals surface area contributed by atoms with Gasteiger partial charge in [-0.2, -0.15) is 0 Å². The molecule has 0 amide bonds. The summed E-state index contributed by atoms with van der Waals surface area (Å²) in [7, 11) is 0. The highest BCUT2D eigenvalue weighted by Crippen LogP contribution is 2.05. The molecular formula is C21H30N4O2. The standard InChI is InChI=1S/C21H30N4O2/c1-18-4-2-5-19(16-18)17-24-21(22-8-7-20-6-3-13-27-20)23-9-10-25-11-14-26-15-12-25/h2-6,13,16H,7-12,14-15,17H2,1H3,(H2,22,23,24). The fraction of sp³-hybridized carbons (Fsp3) is 0.476. The van der Waals surface area contributed by atoms with Crippen LogP contribution in [0.1, 0.15) is 16.9 Å². The summed E-state index contributed by atoms with van der Waals surface area (Å²) in [6, 6.07) is 12.4. The van der Waals surface area contributed by atoms with Gasteiger partial charge >= 0.3 is 0 Å². The Morgan fingerprint density at radius 3 is 2.74 bits per heavy atom. The molecule has 27 heavy (non-hydrogen) atoms. The second-order valence-electron chi connectivity index (χ2n) is 6.79. The van der Waals surface area contributed by atoms with Crippen molar-refractivity contribution in [3.63, 3.8) is 0 Å². The summed E-state index contributed by atoms with van der Waals surface area (Å²) in [4.78, 5) is 7.17. The molecule has 0 unspecified atom stereocenters. The lowest BCUT2D eigenvalue weighted by Gasteiger charge is -2.26. The van der Waals surface area contributed by atoms with Crippen molar-refractivity contribution in [1.82, 2.24) is 15.5 Å². The number of nitrogens with zero attached hydrogens (tertiary/aromatic N) is 2. The van der Waals surface area contributed by atoms with Crippen LogP contribution < -0.4 is 10.6 Å². The summed E-state index contributed by atoms with van der Waals surface area (Å²) in [5.74, 6) is 1.82. The highest BCUT2D eigenvalue weighted by atomic mass is 16.5. The van der Waals surface area contributed by atoms with Gasteiger partial charge in [0.15, 0.2) is 5.96 Å². The van der Waals surface area contributed by atoms with E-state index in [1.807, 2.05) is 12.1 Å². The highest BCUT2D eigenvalue weighted by molar-refractivity contribution is 5.79. The lowest BCUT2D eigenvalue weighted by Crippen LogP contribution is -2.44. The van der Waals surface area contributed by atoms with Crippen LogP contribution in [0.15, 0.2) is 52.1 Å². The molecular weight excluding hydrogens is 340 g/mol. The van der Waals surface area contributed by atoms with E-state index < -0.39 is 0 Å². The average Bonchev–Trinajstić information content (AvgIpc) is 3.20. The van der Waals surface area contributed by atoms with Crippen LogP contribution in [0.3, 0.4) is 0 Å². The van der Waals surface area contributed by atoms with Gasteiger partial charge in [0.05, 0.1) is 26.0 Å². The van der Waals surface area contributed by atoms with E-state index >= 15 is 0 Å². The molecule has 0 radical (unpaired) electrons. The Kier molecular flexibility index (Phi) is 7.74. The lowest BCUT2D eigenvalue weighted by molar-refractivity contribution is 0.0389. The molecule has 0 spiro atoms. The van der Waals surface area contributed by atoms with Crippen molar-refractivity contribution in [2.75, 3.05) is 45.9 Å². The molecule has 1 aromatic carbocycles. The number of furan rings is 1. The van der Waals surface area contributed by atoms with E-state index in [-0.39, 0.29) is 0 Å². The van der Waals surface area contributed by atoms with E-state index in [0.29, 0.717) is 6.54 Å². The van der Waals surface area contributed by atoms with Crippen LogP contribution in [0.25, 0.3) is 0 Å². The fourth-order valence-electron chi connectivity index (χ4n) is 3.07. The largest absolute Gasteiger partial charge is 0.469 e. The molecule has 0 bridgehead atoms. The molecule has 0 saturated carbocycles. The zero-order valence-corrected chi connectivity index (χ0v) is 16.1. The Morgan fingerprint density at radius 1 is 1.11 bits per heavy atom. The van der Waals surface area contributed by atoms with Crippen molar-refractivity contribution in [2.45, 2.75) is 19.9 Å². The average molecular weight is 370 g/mol. The summed E-state index contributed by atoms with van der Waals surface area (Å²) in [5, 5.41) is 6.87. The Morgan fingerprint density at radius 2 is 1.96 bits per heavy atom. The number of hydrogen-bond acceptors (Lipinski definition) is 4. The predicted molar refractivity (Wildman–Crippen MR) is 108 cm³/mol. The van der Waals surface area contributed by atoms with Crippen molar-refractivity contribution >= 4 is 5.96 Å². The third-order valence-corrected chi connectivity index (χ3v) is 4.57. The molecule has 146 valence electrons. The quantitative estimate of drug-likeness (QED) is 0.551. The smallest absolute Gasteiger partial charge is 0.191 e. The Hall–Kier alpha value is -2.31. The molecule has 1 aliphatic heterocycles. The number of benzene rings is 1. The zero-order chi connectivity index (χ0) is 18.7. The van der Waals surface area contributed by atoms with Gasteiger partial charge in [0.2, 0.25) is 0 Å². The van der Waals surface area contributed by atoms with E-state index in [1.165, 1.54) is 11.1 Å². The monoisotopic (exact) mass is 370 g/mol. The Bertz CT molecular complexity index is 694. The maximum absolute atomic E-state index is 5.41.